The molecule has 0 aliphatic rings. The molecular formula is C12H23NO2. The van der Waals surface area contributed by atoms with Crippen molar-refractivity contribution < 1.29 is 9.59 Å². The molecule has 0 aliphatic heterocycles. The first-order valence-corrected chi connectivity index (χ1v) is 5.96. The number of hydrogen-bond donors (Lipinski definition) is 1. The number of aldehydes is 1. The number of hydrogen-bond acceptors (Lipinski definition) is 3. The third-order valence-electron chi connectivity index (χ3n) is 2.51. The van der Waals surface area contributed by atoms with Crippen molar-refractivity contribution in [1.82, 2.24) is 0 Å². The topological polar surface area (TPSA) is 60.2 Å². The van der Waals surface area contributed by atoms with Crippen molar-refractivity contribution in [3.8, 4) is 0 Å². The Morgan fingerprint density at radius 3 is 2.00 bits per heavy atom. The zero-order valence-corrected chi connectivity index (χ0v) is 9.54. The number of Topliss-reactive ketones (excluding diaryl/α,β-unsaturated/α-hetero) is 1. The van der Waals surface area contributed by atoms with Gasteiger partial charge in [0.25, 0.3) is 0 Å². The summed E-state index contributed by atoms with van der Waals surface area (Å²) >= 11 is 0. The van der Waals surface area contributed by atoms with Crippen LogP contribution in [0.2, 0.25) is 0 Å². The van der Waals surface area contributed by atoms with Crippen LogP contribution in [0.25, 0.3) is 0 Å². The number of unbranched alkanes of at least 4 members (excludes halogenated alkanes) is 7. The minimum absolute atomic E-state index is 0.168. The molecule has 3 heteroatoms. The van der Waals surface area contributed by atoms with Crippen molar-refractivity contribution in [1.29, 1.82) is 0 Å². The van der Waals surface area contributed by atoms with E-state index in [9.17, 15) is 9.59 Å². The van der Waals surface area contributed by atoms with Gasteiger partial charge in [0.05, 0.1) is 6.54 Å². The highest BCUT2D eigenvalue weighted by molar-refractivity contribution is 5.80. The number of ketones is 1. The first kappa shape index (κ1) is 14.3. The van der Waals surface area contributed by atoms with E-state index in [1.165, 1.54) is 19.3 Å². The summed E-state index contributed by atoms with van der Waals surface area (Å²) in [5.41, 5.74) is 5.20. The van der Waals surface area contributed by atoms with Gasteiger partial charge in [0.15, 0.2) is 0 Å². The zero-order valence-electron chi connectivity index (χ0n) is 9.54. The molecule has 0 spiro atoms. The van der Waals surface area contributed by atoms with E-state index in [0.717, 1.165) is 32.0 Å². The highest BCUT2D eigenvalue weighted by Gasteiger charge is 1.97. The zero-order chi connectivity index (χ0) is 11.4. The van der Waals surface area contributed by atoms with Crippen LogP contribution in [-0.4, -0.2) is 18.6 Å². The molecule has 0 saturated carbocycles. The lowest BCUT2D eigenvalue weighted by atomic mass is 10.1. The molecule has 3 nitrogen and oxygen atoms in total. The Morgan fingerprint density at radius 2 is 1.47 bits per heavy atom. The molecule has 0 bridgehead atoms. The molecule has 0 radical (unpaired) electrons. The second-order valence-electron chi connectivity index (χ2n) is 3.92. The van der Waals surface area contributed by atoms with Crippen LogP contribution in [0, 0.1) is 0 Å². The monoisotopic (exact) mass is 213 g/mol. The van der Waals surface area contributed by atoms with Gasteiger partial charge in [-0.2, -0.15) is 0 Å². The summed E-state index contributed by atoms with van der Waals surface area (Å²) in [5, 5.41) is 0. The first-order valence-electron chi connectivity index (χ1n) is 5.96. The maximum Gasteiger partial charge on any atom is 0.146 e. The van der Waals surface area contributed by atoms with E-state index in [1.54, 1.807) is 0 Å². The average Bonchev–Trinajstić information content (AvgIpc) is 2.26. The van der Waals surface area contributed by atoms with Crippen LogP contribution in [-0.2, 0) is 9.59 Å². The van der Waals surface area contributed by atoms with Gasteiger partial charge in [0, 0.05) is 12.8 Å². The molecule has 0 unspecified atom stereocenters. The number of carbonyl (C=O) groups is 2. The lowest BCUT2D eigenvalue weighted by molar-refractivity contribution is -0.117. The summed E-state index contributed by atoms with van der Waals surface area (Å²) < 4.78 is 0. The molecule has 0 fully saturated rings. The van der Waals surface area contributed by atoms with Gasteiger partial charge in [0.2, 0.25) is 0 Å². The molecule has 0 aromatic carbocycles. The van der Waals surface area contributed by atoms with Gasteiger partial charge in [-0.05, 0) is 12.8 Å². The molecule has 0 atom stereocenters. The maximum atomic E-state index is 10.9. The van der Waals surface area contributed by atoms with Crippen molar-refractivity contribution in [2.45, 2.75) is 57.8 Å². The van der Waals surface area contributed by atoms with E-state index >= 15 is 0 Å². The Balaban J connectivity index is 2.98. The van der Waals surface area contributed by atoms with E-state index in [4.69, 9.17) is 5.73 Å². The van der Waals surface area contributed by atoms with E-state index in [2.05, 4.69) is 0 Å². The van der Waals surface area contributed by atoms with E-state index in [0.29, 0.717) is 12.8 Å². The van der Waals surface area contributed by atoms with Gasteiger partial charge in [-0.25, -0.2) is 0 Å². The lowest BCUT2D eigenvalue weighted by Crippen LogP contribution is -2.12. The standard InChI is InChI=1S/C12H23NO2/c13-11-12(15)9-7-5-3-1-2-4-6-8-10-14/h10H,1-9,11,13H2. The average molecular weight is 213 g/mol. The SMILES string of the molecule is NCC(=O)CCCCCCCCCC=O. The fraction of sp³-hybridized carbons (Fsp3) is 0.833. The second kappa shape index (κ2) is 11.4. The Hall–Kier alpha value is -0.700. The van der Waals surface area contributed by atoms with Gasteiger partial charge in [0.1, 0.15) is 12.1 Å². The molecule has 0 aromatic rings. The predicted molar refractivity (Wildman–Crippen MR) is 61.7 cm³/mol. The van der Waals surface area contributed by atoms with E-state index in [1.807, 2.05) is 0 Å². The van der Waals surface area contributed by atoms with Gasteiger partial charge >= 0.3 is 0 Å². The van der Waals surface area contributed by atoms with Crippen molar-refractivity contribution in [2.75, 3.05) is 6.54 Å². The smallest absolute Gasteiger partial charge is 0.146 e. The number of rotatable bonds is 11. The van der Waals surface area contributed by atoms with Crippen LogP contribution in [0.15, 0.2) is 0 Å². The van der Waals surface area contributed by atoms with Gasteiger partial charge < -0.3 is 10.5 Å². The largest absolute Gasteiger partial charge is 0.324 e. The van der Waals surface area contributed by atoms with Crippen LogP contribution < -0.4 is 5.73 Å². The summed E-state index contributed by atoms with van der Waals surface area (Å²) in [6.45, 7) is 0.186. The van der Waals surface area contributed by atoms with Gasteiger partial charge in [-0.15, -0.1) is 0 Å². The minimum Gasteiger partial charge on any atom is -0.324 e. The van der Waals surface area contributed by atoms with Crippen LogP contribution in [0.3, 0.4) is 0 Å². The minimum atomic E-state index is 0.168. The fourth-order valence-electron chi connectivity index (χ4n) is 1.54. The van der Waals surface area contributed by atoms with Crippen LogP contribution in [0.4, 0.5) is 0 Å². The summed E-state index contributed by atoms with van der Waals surface area (Å²) in [6.07, 6.45) is 10.2. The van der Waals surface area contributed by atoms with Crippen molar-refractivity contribution in [2.24, 2.45) is 5.73 Å². The van der Waals surface area contributed by atoms with Crippen molar-refractivity contribution in [3.63, 3.8) is 0 Å². The molecule has 0 heterocycles. The van der Waals surface area contributed by atoms with Gasteiger partial charge in [-0.1, -0.05) is 32.1 Å². The number of nitrogens with two attached hydrogens (primary N) is 1. The Morgan fingerprint density at radius 1 is 0.933 bits per heavy atom. The van der Waals surface area contributed by atoms with E-state index < -0.39 is 0 Å². The highest BCUT2D eigenvalue weighted by Crippen LogP contribution is 2.09. The Bertz CT molecular complexity index is 169. The molecule has 0 aromatic heterocycles. The molecular weight excluding hydrogens is 190 g/mol. The molecule has 0 rings (SSSR count). The quantitative estimate of drug-likeness (QED) is 0.423. The molecule has 0 saturated heterocycles. The summed E-state index contributed by atoms with van der Waals surface area (Å²) in [7, 11) is 0. The summed E-state index contributed by atoms with van der Waals surface area (Å²) in [4.78, 5) is 20.9. The predicted octanol–water partition coefficient (Wildman–Crippen LogP) is 2.22. The first-order chi connectivity index (χ1) is 7.31. The lowest BCUT2D eigenvalue weighted by Gasteiger charge is -2.00. The Kier molecular flexibility index (Phi) is 10.8. The van der Waals surface area contributed by atoms with Crippen LogP contribution >= 0.6 is 0 Å². The third kappa shape index (κ3) is 11.2. The summed E-state index contributed by atoms with van der Waals surface area (Å²) in [5.74, 6) is 0.168. The molecule has 2 N–H and O–H groups in total. The van der Waals surface area contributed by atoms with Crippen LogP contribution in [0.1, 0.15) is 57.8 Å². The maximum absolute atomic E-state index is 10.9. The van der Waals surface area contributed by atoms with Gasteiger partial charge in [-0.3, -0.25) is 4.79 Å². The second-order valence-corrected chi connectivity index (χ2v) is 3.92. The highest BCUT2D eigenvalue weighted by atomic mass is 16.1. The van der Waals surface area contributed by atoms with E-state index in [-0.39, 0.29) is 12.3 Å². The normalized spacial score (nSPS) is 10.2. The molecule has 15 heavy (non-hydrogen) atoms. The molecule has 0 aliphatic carbocycles. The van der Waals surface area contributed by atoms with Crippen molar-refractivity contribution >= 4 is 12.1 Å². The summed E-state index contributed by atoms with van der Waals surface area (Å²) in [6, 6.07) is 0. The molecule has 0 amide bonds. The van der Waals surface area contributed by atoms with Crippen molar-refractivity contribution in [3.05, 3.63) is 0 Å². The molecule has 88 valence electrons. The Labute approximate surface area is 92.4 Å². The number of carbonyl (C=O) groups excluding carboxylic acids is 2. The van der Waals surface area contributed by atoms with Crippen LogP contribution in [0.5, 0.6) is 0 Å². The fourth-order valence-corrected chi connectivity index (χ4v) is 1.54. The third-order valence-corrected chi connectivity index (χ3v) is 2.51.